The van der Waals surface area contributed by atoms with Crippen LogP contribution in [0.5, 0.6) is 0 Å². The molecule has 0 bridgehead atoms. The molecule has 0 radical (unpaired) electrons. The van der Waals surface area contributed by atoms with Crippen molar-refractivity contribution in [2.24, 2.45) is 0 Å². The quantitative estimate of drug-likeness (QED) is 0.899. The highest BCUT2D eigenvalue weighted by Crippen LogP contribution is 2.22. The van der Waals surface area contributed by atoms with Crippen molar-refractivity contribution in [1.29, 1.82) is 0 Å². The van der Waals surface area contributed by atoms with Crippen molar-refractivity contribution in [2.75, 3.05) is 19.7 Å². The molecule has 1 aromatic carbocycles. The van der Waals surface area contributed by atoms with E-state index in [0.29, 0.717) is 19.7 Å². The van der Waals surface area contributed by atoms with Gasteiger partial charge in [0.15, 0.2) is 0 Å². The molecule has 0 aliphatic carbocycles. The Bertz CT molecular complexity index is 475. The van der Waals surface area contributed by atoms with Crippen molar-refractivity contribution in [2.45, 2.75) is 26.0 Å². The normalized spacial score (nSPS) is 20.3. The second-order valence-electron chi connectivity index (χ2n) is 4.98. The lowest BCUT2D eigenvalue weighted by molar-refractivity contribution is -0.142. The fraction of sp³-hybridized carbons (Fsp3) is 0.467. The maximum Gasteiger partial charge on any atom is 0.245 e. The Labute approximate surface area is 118 Å². The van der Waals surface area contributed by atoms with Gasteiger partial charge < -0.3 is 15.0 Å². The first-order valence-corrected chi connectivity index (χ1v) is 6.80. The molecular weight excluding hydrogens is 256 g/mol. The molecule has 0 spiro atoms. The molecular formula is C15H20N2O3. The molecule has 2 unspecified atom stereocenters. The number of benzene rings is 1. The number of nitrogens with one attached hydrogen (secondary N) is 1. The highest BCUT2D eigenvalue weighted by atomic mass is 16.5. The third kappa shape index (κ3) is 3.57. The van der Waals surface area contributed by atoms with Crippen LogP contribution in [-0.2, 0) is 14.3 Å². The summed E-state index contributed by atoms with van der Waals surface area (Å²) in [5.41, 5.74) is 1.07. The van der Waals surface area contributed by atoms with Gasteiger partial charge in [-0.05, 0) is 12.5 Å². The average Bonchev–Trinajstić information content (AvgIpc) is 2.47. The summed E-state index contributed by atoms with van der Waals surface area (Å²) in [4.78, 5) is 25.0. The molecule has 5 heteroatoms. The molecule has 20 heavy (non-hydrogen) atoms. The lowest BCUT2D eigenvalue weighted by Gasteiger charge is -2.34. The second-order valence-corrected chi connectivity index (χ2v) is 4.98. The molecule has 5 nitrogen and oxygen atoms in total. The van der Waals surface area contributed by atoms with Crippen LogP contribution in [0.4, 0.5) is 0 Å². The van der Waals surface area contributed by atoms with Gasteiger partial charge in [-0.1, -0.05) is 30.3 Å². The molecule has 1 aliphatic rings. The lowest BCUT2D eigenvalue weighted by Crippen LogP contribution is -2.50. The van der Waals surface area contributed by atoms with Gasteiger partial charge in [0.05, 0.1) is 13.2 Å². The average molecular weight is 276 g/mol. The Balaban J connectivity index is 2.00. The standard InChI is InChI=1S/C15H20N2O3/c1-11(16-12(2)18)15(19)17-8-9-20-14(10-17)13-6-4-3-5-7-13/h3-7,11,14H,8-10H2,1-2H3,(H,16,18). The Hall–Kier alpha value is -1.88. The van der Waals surface area contributed by atoms with Gasteiger partial charge in [-0.2, -0.15) is 0 Å². The highest BCUT2D eigenvalue weighted by Gasteiger charge is 2.28. The van der Waals surface area contributed by atoms with Gasteiger partial charge in [0.25, 0.3) is 0 Å². The summed E-state index contributed by atoms with van der Waals surface area (Å²) in [6.45, 7) is 4.71. The van der Waals surface area contributed by atoms with Crippen LogP contribution in [0.2, 0.25) is 0 Å². The van der Waals surface area contributed by atoms with Crippen LogP contribution in [0.15, 0.2) is 30.3 Å². The maximum absolute atomic E-state index is 12.3. The van der Waals surface area contributed by atoms with Crippen LogP contribution in [0.3, 0.4) is 0 Å². The van der Waals surface area contributed by atoms with Crippen LogP contribution in [0, 0.1) is 0 Å². The number of hydrogen-bond donors (Lipinski definition) is 1. The number of ether oxygens (including phenoxy) is 1. The van der Waals surface area contributed by atoms with E-state index in [0.717, 1.165) is 5.56 Å². The van der Waals surface area contributed by atoms with E-state index in [1.807, 2.05) is 30.3 Å². The number of carbonyl (C=O) groups excluding carboxylic acids is 2. The van der Waals surface area contributed by atoms with Crippen molar-refractivity contribution in [3.63, 3.8) is 0 Å². The first-order valence-electron chi connectivity index (χ1n) is 6.80. The van der Waals surface area contributed by atoms with Crippen LogP contribution < -0.4 is 5.32 Å². The van der Waals surface area contributed by atoms with E-state index < -0.39 is 6.04 Å². The molecule has 1 saturated heterocycles. The topological polar surface area (TPSA) is 58.6 Å². The summed E-state index contributed by atoms with van der Waals surface area (Å²) in [7, 11) is 0. The molecule has 2 amide bonds. The third-order valence-electron chi connectivity index (χ3n) is 3.34. The number of carbonyl (C=O) groups is 2. The number of amides is 2. The van der Waals surface area contributed by atoms with E-state index in [4.69, 9.17) is 4.74 Å². The molecule has 1 aliphatic heterocycles. The van der Waals surface area contributed by atoms with Gasteiger partial charge in [0.2, 0.25) is 11.8 Å². The van der Waals surface area contributed by atoms with Gasteiger partial charge >= 0.3 is 0 Å². The van der Waals surface area contributed by atoms with E-state index in [-0.39, 0.29) is 17.9 Å². The van der Waals surface area contributed by atoms with E-state index in [1.165, 1.54) is 6.92 Å². The Morgan fingerprint density at radius 3 is 2.70 bits per heavy atom. The molecule has 2 rings (SSSR count). The van der Waals surface area contributed by atoms with Crippen LogP contribution >= 0.6 is 0 Å². The van der Waals surface area contributed by atoms with Crippen molar-refractivity contribution in [3.8, 4) is 0 Å². The third-order valence-corrected chi connectivity index (χ3v) is 3.34. The zero-order chi connectivity index (χ0) is 14.5. The fourth-order valence-corrected chi connectivity index (χ4v) is 2.36. The van der Waals surface area contributed by atoms with E-state index >= 15 is 0 Å². The summed E-state index contributed by atoms with van der Waals surface area (Å²) in [6.07, 6.45) is -0.0987. The molecule has 1 heterocycles. The zero-order valence-electron chi connectivity index (χ0n) is 11.8. The lowest BCUT2D eigenvalue weighted by atomic mass is 10.1. The minimum absolute atomic E-state index is 0.0653. The van der Waals surface area contributed by atoms with Gasteiger partial charge in [0, 0.05) is 13.5 Å². The molecule has 1 aromatic rings. The summed E-state index contributed by atoms with van der Waals surface area (Å²) >= 11 is 0. The SMILES string of the molecule is CC(=O)NC(C)C(=O)N1CCOC(c2ccccc2)C1. The number of rotatable bonds is 3. The molecule has 0 saturated carbocycles. The molecule has 108 valence electrons. The fourth-order valence-electron chi connectivity index (χ4n) is 2.36. The minimum Gasteiger partial charge on any atom is -0.370 e. The molecule has 1 N–H and O–H groups in total. The second kappa shape index (κ2) is 6.52. The Morgan fingerprint density at radius 1 is 1.35 bits per heavy atom. The van der Waals surface area contributed by atoms with Crippen molar-refractivity contribution in [1.82, 2.24) is 10.2 Å². The summed E-state index contributed by atoms with van der Waals surface area (Å²) in [6, 6.07) is 9.36. The van der Waals surface area contributed by atoms with E-state index in [9.17, 15) is 9.59 Å². The number of nitrogens with zero attached hydrogens (tertiary/aromatic N) is 1. The van der Waals surface area contributed by atoms with Crippen LogP contribution in [0.25, 0.3) is 0 Å². The predicted molar refractivity (Wildman–Crippen MR) is 75.0 cm³/mol. The van der Waals surface area contributed by atoms with Gasteiger partial charge in [-0.25, -0.2) is 0 Å². The van der Waals surface area contributed by atoms with Gasteiger partial charge in [-0.15, -0.1) is 0 Å². The first-order chi connectivity index (χ1) is 9.58. The molecule has 0 aromatic heterocycles. The molecule has 2 atom stereocenters. The van der Waals surface area contributed by atoms with Gasteiger partial charge in [0.1, 0.15) is 12.1 Å². The van der Waals surface area contributed by atoms with E-state index in [1.54, 1.807) is 11.8 Å². The largest absolute Gasteiger partial charge is 0.370 e. The van der Waals surface area contributed by atoms with Crippen molar-refractivity contribution < 1.29 is 14.3 Å². The van der Waals surface area contributed by atoms with Gasteiger partial charge in [-0.3, -0.25) is 9.59 Å². The van der Waals surface area contributed by atoms with Crippen molar-refractivity contribution >= 4 is 11.8 Å². The highest BCUT2D eigenvalue weighted by molar-refractivity contribution is 5.86. The summed E-state index contributed by atoms with van der Waals surface area (Å²) in [5, 5.41) is 2.62. The van der Waals surface area contributed by atoms with Crippen molar-refractivity contribution in [3.05, 3.63) is 35.9 Å². The zero-order valence-corrected chi connectivity index (χ0v) is 11.8. The predicted octanol–water partition coefficient (Wildman–Crippen LogP) is 1.11. The van der Waals surface area contributed by atoms with E-state index in [2.05, 4.69) is 5.32 Å². The Morgan fingerprint density at radius 2 is 2.05 bits per heavy atom. The smallest absolute Gasteiger partial charge is 0.245 e. The minimum atomic E-state index is -0.498. The number of hydrogen-bond acceptors (Lipinski definition) is 3. The molecule has 1 fully saturated rings. The number of morpholine rings is 1. The maximum atomic E-state index is 12.3. The Kier molecular flexibility index (Phi) is 4.74. The summed E-state index contributed by atoms with van der Waals surface area (Å²) in [5.74, 6) is -0.261. The van der Waals surface area contributed by atoms with Crippen LogP contribution in [-0.4, -0.2) is 42.5 Å². The van der Waals surface area contributed by atoms with Crippen LogP contribution in [0.1, 0.15) is 25.5 Å². The first kappa shape index (κ1) is 14.5. The summed E-state index contributed by atoms with van der Waals surface area (Å²) < 4.78 is 5.72. The monoisotopic (exact) mass is 276 g/mol.